The van der Waals surface area contributed by atoms with Crippen LogP contribution in [-0.4, -0.2) is 13.1 Å². The Bertz CT molecular complexity index is 526. The Morgan fingerprint density at radius 2 is 2.31 bits per heavy atom. The molecule has 3 heteroatoms. The zero-order valence-corrected chi connectivity index (χ0v) is 9.22. The van der Waals surface area contributed by atoms with E-state index in [1.165, 1.54) is 0 Å². The number of furan rings is 1. The highest BCUT2D eigenvalue weighted by atomic mass is 19.1. The van der Waals surface area contributed by atoms with Crippen LogP contribution in [0.1, 0.15) is 17.7 Å². The van der Waals surface area contributed by atoms with Gasteiger partial charge in [-0.25, -0.2) is 4.39 Å². The van der Waals surface area contributed by atoms with Crippen molar-refractivity contribution in [1.82, 2.24) is 5.32 Å². The number of alkyl halides is 1. The van der Waals surface area contributed by atoms with Gasteiger partial charge in [0.1, 0.15) is 11.3 Å². The van der Waals surface area contributed by atoms with Crippen molar-refractivity contribution in [3.63, 3.8) is 0 Å². The second-order valence-electron chi connectivity index (χ2n) is 4.50. The summed E-state index contributed by atoms with van der Waals surface area (Å²) in [4.78, 5) is 0. The fourth-order valence-corrected chi connectivity index (χ4v) is 2.30. The van der Waals surface area contributed by atoms with Crippen molar-refractivity contribution in [3.8, 4) is 0 Å². The third kappa shape index (κ3) is 1.35. The summed E-state index contributed by atoms with van der Waals surface area (Å²) in [6.07, 6.45) is 0.492. The maximum atomic E-state index is 14.5. The highest BCUT2D eigenvalue weighted by molar-refractivity contribution is 5.81. The fourth-order valence-electron chi connectivity index (χ4n) is 2.30. The number of benzene rings is 1. The van der Waals surface area contributed by atoms with E-state index in [1.54, 1.807) is 0 Å². The Hall–Kier alpha value is -1.35. The Labute approximate surface area is 93.4 Å². The molecule has 1 aromatic carbocycles. The van der Waals surface area contributed by atoms with Crippen molar-refractivity contribution in [2.24, 2.45) is 0 Å². The van der Waals surface area contributed by atoms with Crippen LogP contribution in [-0.2, 0) is 5.67 Å². The predicted octanol–water partition coefficient (Wildman–Crippen LogP) is 2.90. The van der Waals surface area contributed by atoms with Gasteiger partial charge >= 0.3 is 0 Å². The van der Waals surface area contributed by atoms with E-state index in [-0.39, 0.29) is 0 Å². The van der Waals surface area contributed by atoms with Crippen LogP contribution in [0.4, 0.5) is 4.39 Å². The standard InChI is InChI=1S/C13H14FNO/c1-9-3-2-4-10-7-11(16-12(9)10)13(14)5-6-15-8-13/h2-4,7,15H,5-6,8H2,1H3. The van der Waals surface area contributed by atoms with Crippen LogP contribution in [0.3, 0.4) is 0 Å². The molecule has 1 N–H and O–H groups in total. The molecular formula is C13H14FNO. The molecule has 0 bridgehead atoms. The molecule has 16 heavy (non-hydrogen) atoms. The van der Waals surface area contributed by atoms with Crippen molar-refractivity contribution in [1.29, 1.82) is 0 Å². The van der Waals surface area contributed by atoms with Gasteiger partial charge in [0.15, 0.2) is 5.67 Å². The summed E-state index contributed by atoms with van der Waals surface area (Å²) < 4.78 is 20.1. The molecule has 1 fully saturated rings. The van der Waals surface area contributed by atoms with E-state index in [9.17, 15) is 4.39 Å². The lowest BCUT2D eigenvalue weighted by atomic mass is 10.0. The maximum absolute atomic E-state index is 14.5. The van der Waals surface area contributed by atoms with Gasteiger partial charge in [0.2, 0.25) is 0 Å². The number of hydrogen-bond acceptors (Lipinski definition) is 2. The molecular weight excluding hydrogens is 205 g/mol. The first-order valence-electron chi connectivity index (χ1n) is 5.58. The number of hydrogen-bond donors (Lipinski definition) is 1. The quantitative estimate of drug-likeness (QED) is 0.797. The predicted molar refractivity (Wildman–Crippen MR) is 61.2 cm³/mol. The largest absolute Gasteiger partial charge is 0.457 e. The van der Waals surface area contributed by atoms with Crippen LogP contribution in [0.25, 0.3) is 11.0 Å². The van der Waals surface area contributed by atoms with Gasteiger partial charge in [0, 0.05) is 18.4 Å². The number of para-hydroxylation sites is 1. The van der Waals surface area contributed by atoms with E-state index in [2.05, 4.69) is 5.32 Å². The zero-order chi connectivity index (χ0) is 11.2. The molecule has 1 aromatic heterocycles. The molecule has 1 aliphatic rings. The van der Waals surface area contributed by atoms with Gasteiger partial charge in [-0.2, -0.15) is 0 Å². The van der Waals surface area contributed by atoms with Crippen molar-refractivity contribution in [2.45, 2.75) is 19.0 Å². The van der Waals surface area contributed by atoms with Crippen LogP contribution >= 0.6 is 0 Å². The highest BCUT2D eigenvalue weighted by Gasteiger charge is 2.38. The van der Waals surface area contributed by atoms with Crippen LogP contribution in [0.2, 0.25) is 0 Å². The normalized spacial score (nSPS) is 25.4. The third-order valence-electron chi connectivity index (χ3n) is 3.29. The third-order valence-corrected chi connectivity index (χ3v) is 3.29. The summed E-state index contributed by atoms with van der Waals surface area (Å²) in [6.45, 7) is 3.05. The number of fused-ring (bicyclic) bond motifs is 1. The smallest absolute Gasteiger partial charge is 0.181 e. The molecule has 0 radical (unpaired) electrons. The zero-order valence-electron chi connectivity index (χ0n) is 9.22. The first-order chi connectivity index (χ1) is 7.69. The Balaban J connectivity index is 2.15. The summed E-state index contributed by atoms with van der Waals surface area (Å²) >= 11 is 0. The molecule has 1 unspecified atom stereocenters. The van der Waals surface area contributed by atoms with E-state index >= 15 is 0 Å². The van der Waals surface area contributed by atoms with Crippen LogP contribution in [0.15, 0.2) is 28.7 Å². The molecule has 2 nitrogen and oxygen atoms in total. The molecule has 1 saturated heterocycles. The van der Waals surface area contributed by atoms with Gasteiger partial charge < -0.3 is 9.73 Å². The monoisotopic (exact) mass is 219 g/mol. The molecule has 84 valence electrons. The Morgan fingerprint density at radius 3 is 3.00 bits per heavy atom. The van der Waals surface area contributed by atoms with Gasteiger partial charge in [-0.1, -0.05) is 18.2 Å². The molecule has 1 aliphatic heterocycles. The van der Waals surface area contributed by atoms with Crippen molar-refractivity contribution in [3.05, 3.63) is 35.6 Å². The number of aryl methyl sites for hydroxylation is 1. The average Bonchev–Trinajstić information content (AvgIpc) is 2.85. The number of halogens is 1. The molecule has 1 atom stereocenters. The molecule has 3 rings (SSSR count). The van der Waals surface area contributed by atoms with E-state index in [0.717, 1.165) is 16.5 Å². The van der Waals surface area contributed by atoms with Gasteiger partial charge in [-0.3, -0.25) is 0 Å². The molecule has 2 aromatic rings. The first kappa shape index (κ1) is 9.85. The first-order valence-corrected chi connectivity index (χ1v) is 5.58. The van der Waals surface area contributed by atoms with E-state index < -0.39 is 5.67 Å². The number of nitrogens with one attached hydrogen (secondary N) is 1. The summed E-state index contributed by atoms with van der Waals surface area (Å²) in [7, 11) is 0. The number of rotatable bonds is 1. The van der Waals surface area contributed by atoms with Gasteiger partial charge in [0.05, 0.1) is 0 Å². The van der Waals surface area contributed by atoms with Crippen LogP contribution in [0, 0.1) is 6.92 Å². The lowest BCUT2D eigenvalue weighted by Gasteiger charge is -2.13. The van der Waals surface area contributed by atoms with Gasteiger partial charge in [0.25, 0.3) is 0 Å². The summed E-state index contributed by atoms with van der Waals surface area (Å²) in [5.41, 5.74) is 0.533. The second-order valence-corrected chi connectivity index (χ2v) is 4.50. The lowest BCUT2D eigenvalue weighted by Crippen LogP contribution is -2.22. The summed E-state index contributed by atoms with van der Waals surface area (Å²) in [5, 5.41) is 4.02. The average molecular weight is 219 g/mol. The second kappa shape index (κ2) is 3.32. The summed E-state index contributed by atoms with van der Waals surface area (Å²) in [6, 6.07) is 7.73. The lowest BCUT2D eigenvalue weighted by molar-refractivity contribution is 0.158. The Kier molecular flexibility index (Phi) is 2.04. The minimum Gasteiger partial charge on any atom is -0.457 e. The molecule has 0 amide bonds. The maximum Gasteiger partial charge on any atom is 0.181 e. The SMILES string of the molecule is Cc1cccc2cc(C3(F)CCNC3)oc12. The van der Waals surface area contributed by atoms with Gasteiger partial charge in [-0.15, -0.1) is 0 Å². The molecule has 0 spiro atoms. The van der Waals surface area contributed by atoms with Crippen LogP contribution in [0.5, 0.6) is 0 Å². The van der Waals surface area contributed by atoms with Gasteiger partial charge in [-0.05, 0) is 25.1 Å². The Morgan fingerprint density at radius 1 is 1.44 bits per heavy atom. The molecule has 0 aliphatic carbocycles. The molecule has 0 saturated carbocycles. The molecule has 2 heterocycles. The highest BCUT2D eigenvalue weighted by Crippen LogP contribution is 2.36. The van der Waals surface area contributed by atoms with E-state index in [1.807, 2.05) is 31.2 Å². The van der Waals surface area contributed by atoms with Crippen molar-refractivity contribution < 1.29 is 8.81 Å². The van der Waals surface area contributed by atoms with Crippen molar-refractivity contribution in [2.75, 3.05) is 13.1 Å². The van der Waals surface area contributed by atoms with E-state index in [0.29, 0.717) is 25.3 Å². The van der Waals surface area contributed by atoms with Crippen LogP contribution < -0.4 is 5.32 Å². The topological polar surface area (TPSA) is 25.2 Å². The van der Waals surface area contributed by atoms with E-state index in [4.69, 9.17) is 4.42 Å². The minimum absolute atomic E-state index is 0.353. The fraction of sp³-hybridized carbons (Fsp3) is 0.385. The minimum atomic E-state index is -1.33. The van der Waals surface area contributed by atoms with Crippen molar-refractivity contribution >= 4 is 11.0 Å². The summed E-state index contributed by atoms with van der Waals surface area (Å²) in [5.74, 6) is 0.460.